The maximum absolute atomic E-state index is 5.36. The molecule has 2 aromatic carbocycles. The summed E-state index contributed by atoms with van der Waals surface area (Å²) < 4.78 is 15.7. The first kappa shape index (κ1) is 19.7. The van der Waals surface area contributed by atoms with Gasteiger partial charge in [0.2, 0.25) is 0 Å². The lowest BCUT2D eigenvalue weighted by molar-refractivity contribution is 0.395. The largest absolute Gasteiger partial charge is 0.497 e. The summed E-state index contributed by atoms with van der Waals surface area (Å²) in [5.74, 6) is 2.25. The number of anilines is 2. The number of rotatable bonds is 8. The van der Waals surface area contributed by atoms with Crippen molar-refractivity contribution in [3.8, 4) is 17.2 Å². The molecule has 0 aromatic heterocycles. The van der Waals surface area contributed by atoms with Crippen LogP contribution in [0.15, 0.2) is 42.5 Å². The zero-order valence-corrected chi connectivity index (χ0v) is 16.4. The minimum absolute atomic E-state index is 0.539. The van der Waals surface area contributed by atoms with Gasteiger partial charge < -0.3 is 29.7 Å². The molecule has 0 spiro atoms. The third kappa shape index (κ3) is 5.42. The van der Waals surface area contributed by atoms with Crippen LogP contribution in [0.2, 0.25) is 0 Å². The Hall–Kier alpha value is -2.67. The molecule has 0 bridgehead atoms. The molecule has 0 atom stereocenters. The zero-order chi connectivity index (χ0) is 18.9. The molecule has 0 amide bonds. The van der Waals surface area contributed by atoms with E-state index < -0.39 is 0 Å². The Kier molecular flexibility index (Phi) is 7.35. The molecule has 0 aliphatic rings. The summed E-state index contributed by atoms with van der Waals surface area (Å²) in [7, 11) is 6.93. The molecule has 0 saturated carbocycles. The molecular weight excluding hydrogens is 350 g/mol. The van der Waals surface area contributed by atoms with Gasteiger partial charge >= 0.3 is 0 Å². The highest BCUT2D eigenvalue weighted by Crippen LogP contribution is 2.28. The lowest BCUT2D eigenvalue weighted by Gasteiger charge is -2.20. The number of nitrogens with one attached hydrogen (secondary N) is 2. The molecule has 26 heavy (non-hydrogen) atoms. The molecule has 6 nitrogen and oxygen atoms in total. The molecule has 0 heterocycles. The Morgan fingerprint density at radius 1 is 0.962 bits per heavy atom. The van der Waals surface area contributed by atoms with Crippen LogP contribution in [0.25, 0.3) is 0 Å². The Bertz CT molecular complexity index is 722. The van der Waals surface area contributed by atoms with Crippen LogP contribution in [0.4, 0.5) is 11.4 Å². The second-order valence-electron chi connectivity index (χ2n) is 5.57. The molecule has 0 fully saturated rings. The molecular formula is C19H25N3O3S. The van der Waals surface area contributed by atoms with Crippen molar-refractivity contribution in [1.82, 2.24) is 5.32 Å². The van der Waals surface area contributed by atoms with Crippen molar-refractivity contribution in [2.75, 3.05) is 51.7 Å². The van der Waals surface area contributed by atoms with E-state index in [-0.39, 0.29) is 0 Å². The first-order valence-corrected chi connectivity index (χ1v) is 8.60. The smallest absolute Gasteiger partial charge is 0.170 e. The molecule has 2 N–H and O–H groups in total. The molecule has 0 aliphatic carbocycles. The Morgan fingerprint density at radius 2 is 1.62 bits per heavy atom. The van der Waals surface area contributed by atoms with Crippen LogP contribution in [0.1, 0.15) is 0 Å². The van der Waals surface area contributed by atoms with Gasteiger partial charge in [-0.3, -0.25) is 0 Å². The van der Waals surface area contributed by atoms with E-state index in [4.69, 9.17) is 26.4 Å². The fraction of sp³-hybridized carbons (Fsp3) is 0.316. The number of ether oxygens (including phenoxy) is 3. The molecule has 2 rings (SSSR count). The fourth-order valence-electron chi connectivity index (χ4n) is 2.37. The van der Waals surface area contributed by atoms with Crippen molar-refractivity contribution < 1.29 is 14.2 Å². The SMILES string of the molecule is COc1ccc(N(C)CCNC(=S)Nc2ccc(OC)cc2OC)cc1. The molecule has 2 aromatic rings. The average Bonchev–Trinajstić information content (AvgIpc) is 2.68. The van der Waals surface area contributed by atoms with E-state index in [1.54, 1.807) is 21.3 Å². The highest BCUT2D eigenvalue weighted by molar-refractivity contribution is 7.80. The number of hydrogen-bond donors (Lipinski definition) is 2. The van der Waals surface area contributed by atoms with Crippen LogP contribution in [0.3, 0.4) is 0 Å². The van der Waals surface area contributed by atoms with Crippen LogP contribution in [-0.2, 0) is 0 Å². The number of likely N-dealkylation sites (N-methyl/N-ethyl adjacent to an activating group) is 1. The van der Waals surface area contributed by atoms with Gasteiger partial charge in [-0.2, -0.15) is 0 Å². The summed E-state index contributed by atoms with van der Waals surface area (Å²) >= 11 is 5.36. The molecule has 0 saturated heterocycles. The predicted molar refractivity (Wildman–Crippen MR) is 110 cm³/mol. The molecule has 7 heteroatoms. The van der Waals surface area contributed by atoms with E-state index in [0.717, 1.165) is 29.4 Å². The van der Waals surface area contributed by atoms with Gasteiger partial charge in [-0.25, -0.2) is 0 Å². The lowest BCUT2D eigenvalue weighted by Crippen LogP contribution is -2.35. The highest BCUT2D eigenvalue weighted by atomic mass is 32.1. The normalized spacial score (nSPS) is 10.0. The van der Waals surface area contributed by atoms with Gasteiger partial charge in [0, 0.05) is 31.9 Å². The van der Waals surface area contributed by atoms with Gasteiger partial charge in [0.1, 0.15) is 17.2 Å². The number of thiocarbonyl (C=S) groups is 1. The Labute approximate surface area is 160 Å². The quantitative estimate of drug-likeness (QED) is 0.688. The molecule has 0 aliphatic heterocycles. The Balaban J connectivity index is 1.83. The summed E-state index contributed by atoms with van der Waals surface area (Å²) in [6.07, 6.45) is 0. The third-order valence-electron chi connectivity index (χ3n) is 3.90. The van der Waals surface area contributed by atoms with E-state index in [1.807, 2.05) is 49.5 Å². The van der Waals surface area contributed by atoms with Crippen molar-refractivity contribution in [3.05, 3.63) is 42.5 Å². The van der Waals surface area contributed by atoms with Crippen molar-refractivity contribution in [2.24, 2.45) is 0 Å². The van der Waals surface area contributed by atoms with Gasteiger partial charge in [0.25, 0.3) is 0 Å². The zero-order valence-electron chi connectivity index (χ0n) is 15.5. The van der Waals surface area contributed by atoms with E-state index in [9.17, 15) is 0 Å². The maximum atomic E-state index is 5.36. The summed E-state index contributed by atoms with van der Waals surface area (Å²) in [5, 5.41) is 6.89. The summed E-state index contributed by atoms with van der Waals surface area (Å²) in [5.41, 5.74) is 1.90. The minimum Gasteiger partial charge on any atom is -0.497 e. The second-order valence-corrected chi connectivity index (χ2v) is 5.97. The number of methoxy groups -OCH3 is 3. The summed E-state index contributed by atoms with van der Waals surface area (Å²) in [4.78, 5) is 2.14. The standard InChI is InChI=1S/C19H25N3O3S/c1-22(14-5-7-15(23-2)8-6-14)12-11-20-19(26)21-17-10-9-16(24-3)13-18(17)25-4/h5-10,13H,11-12H2,1-4H3,(H2,20,21,26). The molecule has 0 radical (unpaired) electrons. The third-order valence-corrected chi connectivity index (χ3v) is 4.15. The van der Waals surface area contributed by atoms with Crippen molar-refractivity contribution in [2.45, 2.75) is 0 Å². The average molecular weight is 375 g/mol. The first-order chi connectivity index (χ1) is 12.6. The van der Waals surface area contributed by atoms with Crippen molar-refractivity contribution in [3.63, 3.8) is 0 Å². The van der Waals surface area contributed by atoms with Gasteiger partial charge in [-0.15, -0.1) is 0 Å². The maximum Gasteiger partial charge on any atom is 0.170 e. The monoisotopic (exact) mass is 375 g/mol. The van der Waals surface area contributed by atoms with Gasteiger partial charge in [0.05, 0.1) is 27.0 Å². The van der Waals surface area contributed by atoms with E-state index in [1.165, 1.54) is 0 Å². The summed E-state index contributed by atoms with van der Waals surface area (Å²) in [6, 6.07) is 13.5. The van der Waals surface area contributed by atoms with Crippen LogP contribution in [-0.4, -0.2) is 46.6 Å². The van der Waals surface area contributed by atoms with Gasteiger partial charge in [-0.1, -0.05) is 0 Å². The van der Waals surface area contributed by atoms with Crippen LogP contribution in [0.5, 0.6) is 17.2 Å². The molecule has 0 unspecified atom stereocenters. The van der Waals surface area contributed by atoms with E-state index in [2.05, 4.69) is 15.5 Å². The minimum atomic E-state index is 0.539. The fourth-order valence-corrected chi connectivity index (χ4v) is 2.58. The van der Waals surface area contributed by atoms with Crippen LogP contribution >= 0.6 is 12.2 Å². The van der Waals surface area contributed by atoms with Crippen molar-refractivity contribution >= 4 is 28.7 Å². The van der Waals surface area contributed by atoms with Gasteiger partial charge in [-0.05, 0) is 48.6 Å². The number of nitrogens with zero attached hydrogens (tertiary/aromatic N) is 1. The van der Waals surface area contributed by atoms with Gasteiger partial charge in [0.15, 0.2) is 5.11 Å². The number of benzene rings is 2. The molecule has 140 valence electrons. The highest BCUT2D eigenvalue weighted by Gasteiger charge is 2.07. The van der Waals surface area contributed by atoms with E-state index in [0.29, 0.717) is 17.4 Å². The first-order valence-electron chi connectivity index (χ1n) is 8.19. The van der Waals surface area contributed by atoms with Crippen LogP contribution in [0, 0.1) is 0 Å². The number of hydrogen-bond acceptors (Lipinski definition) is 5. The van der Waals surface area contributed by atoms with Crippen LogP contribution < -0.4 is 29.7 Å². The van der Waals surface area contributed by atoms with E-state index >= 15 is 0 Å². The lowest BCUT2D eigenvalue weighted by atomic mass is 10.2. The summed E-state index contributed by atoms with van der Waals surface area (Å²) in [6.45, 7) is 1.50. The Morgan fingerprint density at radius 3 is 2.23 bits per heavy atom. The second kappa shape index (κ2) is 9.72. The van der Waals surface area contributed by atoms with Crippen molar-refractivity contribution in [1.29, 1.82) is 0 Å². The topological polar surface area (TPSA) is 55.0 Å². The predicted octanol–water partition coefficient (Wildman–Crippen LogP) is 3.14.